The summed E-state index contributed by atoms with van der Waals surface area (Å²) < 4.78 is 5.85. The first-order valence-electron chi connectivity index (χ1n) is 9.78. The summed E-state index contributed by atoms with van der Waals surface area (Å²) in [4.78, 5) is 38.4. The minimum atomic E-state index is -0.280. The van der Waals surface area contributed by atoms with E-state index >= 15 is 0 Å². The highest BCUT2D eigenvalue weighted by Crippen LogP contribution is 2.29. The molecule has 0 aromatic heterocycles. The highest BCUT2D eigenvalue weighted by molar-refractivity contribution is 7.99. The van der Waals surface area contributed by atoms with Crippen LogP contribution in [0, 0.1) is 0 Å². The number of nitrogens with zero attached hydrogens (tertiary/aromatic N) is 1. The van der Waals surface area contributed by atoms with Crippen LogP contribution < -0.4 is 10.1 Å². The number of benzene rings is 3. The third-order valence-electron chi connectivity index (χ3n) is 4.70. The van der Waals surface area contributed by atoms with Crippen molar-refractivity contribution in [1.29, 1.82) is 0 Å². The largest absolute Gasteiger partial charge is 0.455 e. The Bertz CT molecular complexity index is 1080. The molecular weight excluding hydrogens is 412 g/mol. The molecule has 156 valence electrons. The van der Waals surface area contributed by atoms with Crippen LogP contribution in [0.1, 0.15) is 20.7 Å². The lowest BCUT2D eigenvalue weighted by Gasteiger charge is -2.14. The fraction of sp³-hybridized carbons (Fsp3) is 0.125. The number of imide groups is 1. The van der Waals surface area contributed by atoms with Crippen molar-refractivity contribution in [2.75, 3.05) is 23.4 Å². The lowest BCUT2D eigenvalue weighted by molar-refractivity contribution is -0.113. The van der Waals surface area contributed by atoms with Gasteiger partial charge in [-0.2, -0.15) is 11.8 Å². The average molecular weight is 433 g/mol. The standard InChI is InChI=1S/C24H20N2O4S/c27-22(25-20-12-6-7-13-21(20)30-17-8-2-1-3-9-17)16-31-15-14-26-23(28)18-10-4-5-11-19(18)24(26)29/h1-13H,14-16H2,(H,25,27). The SMILES string of the molecule is O=C(CSCCN1C(=O)c2ccccc2C1=O)Nc1ccccc1Oc1ccccc1. The second-order valence-electron chi connectivity index (χ2n) is 6.82. The number of anilines is 1. The smallest absolute Gasteiger partial charge is 0.261 e. The van der Waals surface area contributed by atoms with Gasteiger partial charge >= 0.3 is 0 Å². The number of hydrogen-bond acceptors (Lipinski definition) is 5. The molecule has 4 rings (SSSR count). The maximum Gasteiger partial charge on any atom is 0.261 e. The topological polar surface area (TPSA) is 75.7 Å². The van der Waals surface area contributed by atoms with Crippen LogP contribution in [-0.4, -0.2) is 40.7 Å². The van der Waals surface area contributed by atoms with Crippen LogP contribution in [0.4, 0.5) is 5.69 Å². The number of para-hydroxylation sites is 3. The van der Waals surface area contributed by atoms with E-state index in [1.54, 1.807) is 36.4 Å². The Morgan fingerprint density at radius 3 is 2.16 bits per heavy atom. The summed E-state index contributed by atoms with van der Waals surface area (Å²) in [5.41, 5.74) is 1.45. The van der Waals surface area contributed by atoms with E-state index < -0.39 is 0 Å². The van der Waals surface area contributed by atoms with Gasteiger partial charge in [-0.25, -0.2) is 0 Å². The third-order valence-corrected chi connectivity index (χ3v) is 5.64. The van der Waals surface area contributed by atoms with Gasteiger partial charge in [0.1, 0.15) is 5.75 Å². The van der Waals surface area contributed by atoms with E-state index in [0.717, 1.165) is 0 Å². The van der Waals surface area contributed by atoms with Gasteiger partial charge in [0.2, 0.25) is 5.91 Å². The van der Waals surface area contributed by atoms with Gasteiger partial charge in [0, 0.05) is 12.3 Å². The van der Waals surface area contributed by atoms with Gasteiger partial charge in [-0.1, -0.05) is 42.5 Å². The quantitative estimate of drug-likeness (QED) is 0.421. The van der Waals surface area contributed by atoms with Crippen LogP contribution in [0.15, 0.2) is 78.9 Å². The van der Waals surface area contributed by atoms with Gasteiger partial charge in [-0.3, -0.25) is 19.3 Å². The molecule has 0 unspecified atom stereocenters. The molecule has 1 aliphatic heterocycles. The Kier molecular flexibility index (Phi) is 6.33. The molecule has 3 aromatic rings. The van der Waals surface area contributed by atoms with Crippen LogP contribution >= 0.6 is 11.8 Å². The number of hydrogen-bond donors (Lipinski definition) is 1. The third kappa shape index (κ3) is 4.78. The second-order valence-corrected chi connectivity index (χ2v) is 7.92. The molecule has 3 amide bonds. The van der Waals surface area contributed by atoms with Gasteiger partial charge in [-0.05, 0) is 36.4 Å². The molecule has 0 radical (unpaired) electrons. The predicted molar refractivity (Wildman–Crippen MR) is 121 cm³/mol. The molecule has 0 aliphatic carbocycles. The van der Waals surface area contributed by atoms with Crippen molar-refractivity contribution in [2.24, 2.45) is 0 Å². The van der Waals surface area contributed by atoms with E-state index in [4.69, 9.17) is 4.74 Å². The Hall–Kier alpha value is -3.58. The van der Waals surface area contributed by atoms with Gasteiger partial charge < -0.3 is 10.1 Å². The molecular formula is C24H20N2O4S. The fourth-order valence-corrected chi connectivity index (χ4v) is 3.94. The van der Waals surface area contributed by atoms with Crippen LogP contribution in [0.2, 0.25) is 0 Å². The summed E-state index contributed by atoms with van der Waals surface area (Å²) in [6.45, 7) is 0.262. The first-order chi connectivity index (χ1) is 15.1. The Labute approximate surface area is 184 Å². The summed E-state index contributed by atoms with van der Waals surface area (Å²) in [6.07, 6.45) is 0. The number of carbonyl (C=O) groups excluding carboxylic acids is 3. The molecule has 0 bridgehead atoms. The molecule has 6 nitrogen and oxygen atoms in total. The lowest BCUT2D eigenvalue weighted by atomic mass is 10.1. The zero-order valence-electron chi connectivity index (χ0n) is 16.6. The van der Waals surface area contributed by atoms with Crippen molar-refractivity contribution in [3.05, 3.63) is 90.0 Å². The van der Waals surface area contributed by atoms with Crippen LogP contribution in [0.3, 0.4) is 0 Å². The molecule has 0 atom stereocenters. The van der Waals surface area contributed by atoms with E-state index in [-0.39, 0.29) is 30.0 Å². The number of carbonyl (C=O) groups is 3. The Morgan fingerprint density at radius 2 is 1.45 bits per heavy atom. The molecule has 0 saturated heterocycles. The highest BCUT2D eigenvalue weighted by Gasteiger charge is 2.34. The zero-order chi connectivity index (χ0) is 21.6. The van der Waals surface area contributed by atoms with Gasteiger partial charge in [0.15, 0.2) is 5.75 Å². The number of rotatable bonds is 8. The molecule has 1 heterocycles. The molecule has 3 aromatic carbocycles. The summed E-state index contributed by atoms with van der Waals surface area (Å²) in [5, 5.41) is 2.86. The molecule has 0 saturated carbocycles. The minimum absolute atomic E-state index is 0.184. The van der Waals surface area contributed by atoms with Gasteiger partial charge in [0.05, 0.1) is 22.6 Å². The van der Waals surface area contributed by atoms with E-state index in [0.29, 0.717) is 34.1 Å². The van der Waals surface area contributed by atoms with Crippen molar-refractivity contribution >= 4 is 35.2 Å². The monoisotopic (exact) mass is 432 g/mol. The minimum Gasteiger partial charge on any atom is -0.455 e. The first-order valence-corrected chi connectivity index (χ1v) is 10.9. The van der Waals surface area contributed by atoms with E-state index in [1.807, 2.05) is 42.5 Å². The van der Waals surface area contributed by atoms with Crippen LogP contribution in [0.25, 0.3) is 0 Å². The molecule has 1 N–H and O–H groups in total. The summed E-state index contributed by atoms with van der Waals surface area (Å²) in [5.74, 6) is 1.16. The van der Waals surface area contributed by atoms with Crippen molar-refractivity contribution in [3.8, 4) is 11.5 Å². The first kappa shape index (κ1) is 20.7. The van der Waals surface area contributed by atoms with Crippen LogP contribution in [0.5, 0.6) is 11.5 Å². The van der Waals surface area contributed by atoms with Crippen molar-refractivity contribution < 1.29 is 19.1 Å². The van der Waals surface area contributed by atoms with Gasteiger partial charge in [-0.15, -0.1) is 0 Å². The molecule has 0 fully saturated rings. The summed E-state index contributed by atoms with van der Waals surface area (Å²) in [7, 11) is 0. The lowest BCUT2D eigenvalue weighted by Crippen LogP contribution is -2.32. The molecule has 31 heavy (non-hydrogen) atoms. The zero-order valence-corrected chi connectivity index (χ0v) is 17.4. The van der Waals surface area contributed by atoms with Gasteiger partial charge in [0.25, 0.3) is 11.8 Å². The number of ether oxygens (including phenoxy) is 1. The maximum absolute atomic E-state index is 12.4. The van der Waals surface area contributed by atoms with E-state index in [1.165, 1.54) is 16.7 Å². The molecule has 0 spiro atoms. The molecule has 1 aliphatic rings. The Balaban J connectivity index is 1.27. The summed E-state index contributed by atoms with van der Waals surface area (Å²) in [6, 6.07) is 23.4. The predicted octanol–water partition coefficient (Wildman–Crippen LogP) is 4.45. The van der Waals surface area contributed by atoms with Crippen molar-refractivity contribution in [1.82, 2.24) is 4.90 Å². The van der Waals surface area contributed by atoms with Crippen LogP contribution in [-0.2, 0) is 4.79 Å². The van der Waals surface area contributed by atoms with Crippen molar-refractivity contribution in [3.63, 3.8) is 0 Å². The highest BCUT2D eigenvalue weighted by atomic mass is 32.2. The average Bonchev–Trinajstić information content (AvgIpc) is 3.03. The molecule has 7 heteroatoms. The Morgan fingerprint density at radius 1 is 0.839 bits per heavy atom. The number of amides is 3. The number of fused-ring (bicyclic) bond motifs is 1. The second kappa shape index (κ2) is 9.49. The number of thioether (sulfide) groups is 1. The van der Waals surface area contributed by atoms with E-state index in [2.05, 4.69) is 5.32 Å². The fourth-order valence-electron chi connectivity index (χ4n) is 3.22. The van der Waals surface area contributed by atoms with E-state index in [9.17, 15) is 14.4 Å². The van der Waals surface area contributed by atoms with Crippen molar-refractivity contribution in [2.45, 2.75) is 0 Å². The number of nitrogens with one attached hydrogen (secondary N) is 1. The summed E-state index contributed by atoms with van der Waals surface area (Å²) >= 11 is 1.36. The normalized spacial score (nSPS) is 12.6. The maximum atomic E-state index is 12.4.